The molecule has 128 valence electrons. The zero-order chi connectivity index (χ0) is 17.2. The summed E-state index contributed by atoms with van der Waals surface area (Å²) >= 11 is 1.52. The van der Waals surface area contributed by atoms with Gasteiger partial charge in [0.2, 0.25) is 11.7 Å². The monoisotopic (exact) mass is 355 g/mol. The molecule has 0 N–H and O–H groups in total. The molecule has 1 aliphatic heterocycles. The van der Waals surface area contributed by atoms with Crippen molar-refractivity contribution in [2.75, 3.05) is 13.7 Å². The molecule has 1 atom stereocenters. The summed E-state index contributed by atoms with van der Waals surface area (Å²) in [6.07, 6.45) is 1.76. The van der Waals surface area contributed by atoms with Crippen molar-refractivity contribution in [3.05, 3.63) is 52.5 Å². The number of methoxy groups -OCH3 is 1. The molecule has 3 aromatic rings. The highest BCUT2D eigenvalue weighted by Gasteiger charge is 2.34. The number of rotatable bonds is 4. The smallest absolute Gasteiger partial charge is 0.255 e. The Morgan fingerprint density at radius 1 is 1.32 bits per heavy atom. The maximum absolute atomic E-state index is 12.7. The minimum Gasteiger partial charge on any atom is -0.497 e. The van der Waals surface area contributed by atoms with E-state index in [9.17, 15) is 4.79 Å². The third kappa shape index (κ3) is 3.02. The molecule has 0 aliphatic carbocycles. The number of aromatic nitrogens is 2. The Hall–Kier alpha value is -2.67. The first kappa shape index (κ1) is 15.8. The van der Waals surface area contributed by atoms with Crippen LogP contribution in [-0.4, -0.2) is 34.6 Å². The van der Waals surface area contributed by atoms with E-state index in [1.165, 1.54) is 11.3 Å². The average molecular weight is 355 g/mol. The molecule has 2 aromatic heterocycles. The second-order valence-corrected chi connectivity index (χ2v) is 6.63. The maximum Gasteiger partial charge on any atom is 0.255 e. The second kappa shape index (κ2) is 6.68. The number of thiophene rings is 1. The first-order chi connectivity index (χ1) is 12.3. The number of carbonyl (C=O) groups excluding carboxylic acids is 1. The van der Waals surface area contributed by atoms with Gasteiger partial charge in [-0.05, 0) is 48.6 Å². The Morgan fingerprint density at radius 2 is 2.16 bits per heavy atom. The van der Waals surface area contributed by atoms with E-state index in [2.05, 4.69) is 10.1 Å². The van der Waals surface area contributed by atoms with Crippen LogP contribution < -0.4 is 4.74 Å². The third-order valence-corrected chi connectivity index (χ3v) is 5.04. The van der Waals surface area contributed by atoms with Gasteiger partial charge in [-0.2, -0.15) is 16.3 Å². The summed E-state index contributed by atoms with van der Waals surface area (Å²) in [6, 6.07) is 9.17. The van der Waals surface area contributed by atoms with E-state index in [1.807, 2.05) is 46.0 Å². The van der Waals surface area contributed by atoms with Crippen LogP contribution in [0.5, 0.6) is 5.75 Å². The molecule has 3 heterocycles. The van der Waals surface area contributed by atoms with Gasteiger partial charge in [-0.15, -0.1) is 0 Å². The summed E-state index contributed by atoms with van der Waals surface area (Å²) in [6.45, 7) is 0.708. The van der Waals surface area contributed by atoms with Crippen molar-refractivity contribution in [1.29, 1.82) is 0 Å². The fraction of sp³-hybridized carbons (Fsp3) is 0.278. The summed E-state index contributed by atoms with van der Waals surface area (Å²) < 4.78 is 10.6. The molecule has 1 amide bonds. The van der Waals surface area contributed by atoms with Crippen LogP contribution >= 0.6 is 11.3 Å². The highest BCUT2D eigenvalue weighted by atomic mass is 32.1. The number of nitrogens with zero attached hydrogens (tertiary/aromatic N) is 3. The number of likely N-dealkylation sites (tertiary alicyclic amines) is 1. The maximum atomic E-state index is 12.7. The quantitative estimate of drug-likeness (QED) is 0.712. The molecular weight excluding hydrogens is 338 g/mol. The second-order valence-electron chi connectivity index (χ2n) is 5.85. The average Bonchev–Trinajstić information content (AvgIpc) is 3.42. The van der Waals surface area contributed by atoms with Gasteiger partial charge in [0.05, 0.1) is 12.7 Å². The van der Waals surface area contributed by atoms with Gasteiger partial charge in [0, 0.05) is 17.5 Å². The van der Waals surface area contributed by atoms with Gasteiger partial charge < -0.3 is 14.2 Å². The molecule has 1 aliphatic rings. The lowest BCUT2D eigenvalue weighted by atomic mass is 10.2. The van der Waals surface area contributed by atoms with Crippen molar-refractivity contribution >= 4 is 17.2 Å². The van der Waals surface area contributed by atoms with Crippen molar-refractivity contribution in [3.8, 4) is 17.1 Å². The Labute approximate surface area is 149 Å². The topological polar surface area (TPSA) is 68.5 Å². The van der Waals surface area contributed by atoms with Gasteiger partial charge in [0.25, 0.3) is 5.91 Å². The number of benzene rings is 1. The third-order valence-electron chi connectivity index (χ3n) is 4.36. The molecule has 1 saturated heterocycles. The number of hydrogen-bond donors (Lipinski definition) is 0. The van der Waals surface area contributed by atoms with Crippen LogP contribution in [0, 0.1) is 0 Å². The lowest BCUT2D eigenvalue weighted by Crippen LogP contribution is -2.30. The predicted octanol–water partition coefficient (Wildman–Crippen LogP) is 3.78. The van der Waals surface area contributed by atoms with Gasteiger partial charge in [0.1, 0.15) is 11.8 Å². The van der Waals surface area contributed by atoms with E-state index >= 15 is 0 Å². The summed E-state index contributed by atoms with van der Waals surface area (Å²) in [4.78, 5) is 19.0. The van der Waals surface area contributed by atoms with Gasteiger partial charge in [-0.3, -0.25) is 4.79 Å². The van der Waals surface area contributed by atoms with Crippen molar-refractivity contribution in [1.82, 2.24) is 15.0 Å². The fourth-order valence-electron chi connectivity index (χ4n) is 3.05. The van der Waals surface area contributed by atoms with Crippen molar-refractivity contribution < 1.29 is 14.1 Å². The highest BCUT2D eigenvalue weighted by Crippen LogP contribution is 2.33. The van der Waals surface area contributed by atoms with Gasteiger partial charge in [-0.1, -0.05) is 5.16 Å². The molecule has 0 bridgehead atoms. The lowest BCUT2D eigenvalue weighted by Gasteiger charge is -2.21. The standard InChI is InChI=1S/C18H17N3O3S/c1-23-14-6-4-12(5-7-14)16-19-17(24-20-16)15-3-2-9-21(15)18(22)13-8-10-25-11-13/h4-8,10-11,15H,2-3,9H2,1H3/t15-/m0/s1. The minimum atomic E-state index is -0.160. The normalized spacial score (nSPS) is 17.0. The minimum absolute atomic E-state index is 0.0212. The molecular formula is C18H17N3O3S. The first-order valence-corrected chi connectivity index (χ1v) is 9.02. The zero-order valence-electron chi connectivity index (χ0n) is 13.7. The van der Waals surface area contributed by atoms with Gasteiger partial charge >= 0.3 is 0 Å². The summed E-state index contributed by atoms with van der Waals surface area (Å²) in [5.74, 6) is 1.81. The molecule has 0 spiro atoms. The van der Waals surface area contributed by atoms with Crippen LogP contribution in [0.25, 0.3) is 11.4 Å². The molecule has 0 saturated carbocycles. The highest BCUT2D eigenvalue weighted by molar-refractivity contribution is 7.08. The number of hydrogen-bond acceptors (Lipinski definition) is 6. The van der Waals surface area contributed by atoms with Crippen LogP contribution in [0.3, 0.4) is 0 Å². The van der Waals surface area contributed by atoms with E-state index in [1.54, 1.807) is 7.11 Å². The molecule has 7 heteroatoms. The van der Waals surface area contributed by atoms with Crippen LogP contribution in [0.1, 0.15) is 35.1 Å². The van der Waals surface area contributed by atoms with E-state index in [0.29, 0.717) is 23.8 Å². The summed E-state index contributed by atoms with van der Waals surface area (Å²) in [5.41, 5.74) is 1.57. The summed E-state index contributed by atoms with van der Waals surface area (Å²) in [7, 11) is 1.63. The van der Waals surface area contributed by atoms with Gasteiger partial charge in [0.15, 0.2) is 0 Å². The predicted molar refractivity (Wildman–Crippen MR) is 93.6 cm³/mol. The largest absolute Gasteiger partial charge is 0.497 e. The molecule has 1 aromatic carbocycles. The number of ether oxygens (including phenoxy) is 1. The van der Waals surface area contributed by atoms with Crippen LogP contribution in [0.4, 0.5) is 0 Å². The molecule has 0 unspecified atom stereocenters. The van der Waals surface area contributed by atoms with E-state index < -0.39 is 0 Å². The Kier molecular flexibility index (Phi) is 4.23. The molecule has 6 nitrogen and oxygen atoms in total. The molecule has 25 heavy (non-hydrogen) atoms. The van der Waals surface area contributed by atoms with Gasteiger partial charge in [-0.25, -0.2) is 0 Å². The Balaban J connectivity index is 1.57. The molecule has 1 fully saturated rings. The Morgan fingerprint density at radius 3 is 2.88 bits per heavy atom. The molecule has 4 rings (SSSR count). The zero-order valence-corrected chi connectivity index (χ0v) is 14.5. The lowest BCUT2D eigenvalue weighted by molar-refractivity contribution is 0.0710. The van der Waals surface area contributed by atoms with Crippen LogP contribution in [0.15, 0.2) is 45.6 Å². The SMILES string of the molecule is COc1ccc(-c2noc([C@@H]3CCCN3C(=O)c3ccsc3)n2)cc1. The number of carbonyl (C=O) groups is 1. The number of amides is 1. The van der Waals surface area contributed by atoms with Crippen LogP contribution in [-0.2, 0) is 0 Å². The van der Waals surface area contributed by atoms with Crippen molar-refractivity contribution in [2.45, 2.75) is 18.9 Å². The molecule has 0 radical (unpaired) electrons. The fourth-order valence-corrected chi connectivity index (χ4v) is 3.68. The van der Waals surface area contributed by atoms with Crippen molar-refractivity contribution in [3.63, 3.8) is 0 Å². The first-order valence-electron chi connectivity index (χ1n) is 8.07. The summed E-state index contributed by atoms with van der Waals surface area (Å²) in [5, 5.41) is 7.86. The van der Waals surface area contributed by atoms with Crippen LogP contribution in [0.2, 0.25) is 0 Å². The van der Waals surface area contributed by atoms with E-state index in [-0.39, 0.29) is 11.9 Å². The Bertz CT molecular complexity index is 858. The van der Waals surface area contributed by atoms with E-state index in [4.69, 9.17) is 9.26 Å². The van der Waals surface area contributed by atoms with E-state index in [0.717, 1.165) is 24.2 Å². The van der Waals surface area contributed by atoms with Crippen molar-refractivity contribution in [2.24, 2.45) is 0 Å².